The Balaban J connectivity index is 1.57. The molecule has 1 aromatic carbocycles. The van der Waals surface area contributed by atoms with Gasteiger partial charge >= 0.3 is 0 Å². The number of thiocarbonyl (C=S) groups is 1. The molecule has 1 aromatic rings. The van der Waals surface area contributed by atoms with Gasteiger partial charge in [-0.15, -0.1) is 0 Å². The smallest absolute Gasteiger partial charge is 0.245 e. The second-order valence-corrected chi connectivity index (χ2v) is 7.93. The first-order chi connectivity index (χ1) is 13.0. The highest BCUT2D eigenvalue weighted by Crippen LogP contribution is 2.16. The number of nitrogens with zero attached hydrogens (tertiary/aromatic N) is 2. The second-order valence-electron chi connectivity index (χ2n) is 7.52. The molecular weight excluding hydrogens is 360 g/mol. The highest BCUT2D eigenvalue weighted by Gasteiger charge is 2.30. The standard InChI is InChI=1S/C20H30N4O2S/c1-15-7-6-8-16(13-15)21-20(27)22-17-9-2-3-12-24(19(17)26)14-18(25)23-10-4-5-11-23/h6-8,13,17-18,25H,2-5,9-12,14H2,1H3,(H2,21,22,27)/t17-,18?/m0/s1. The van der Waals surface area contributed by atoms with E-state index in [1.54, 1.807) is 4.90 Å². The van der Waals surface area contributed by atoms with E-state index < -0.39 is 6.23 Å². The summed E-state index contributed by atoms with van der Waals surface area (Å²) >= 11 is 5.42. The maximum absolute atomic E-state index is 13.0. The number of anilines is 1. The Morgan fingerprint density at radius 2 is 2.00 bits per heavy atom. The van der Waals surface area contributed by atoms with Crippen LogP contribution in [0.2, 0.25) is 0 Å². The number of aliphatic hydroxyl groups is 1. The Kier molecular flexibility index (Phi) is 7.04. The van der Waals surface area contributed by atoms with Gasteiger partial charge in [0, 0.05) is 25.3 Å². The first kappa shape index (κ1) is 20.0. The predicted octanol–water partition coefficient (Wildman–Crippen LogP) is 2.08. The third kappa shape index (κ3) is 5.64. The van der Waals surface area contributed by atoms with Crippen LogP contribution in [0.25, 0.3) is 0 Å². The Hall–Kier alpha value is -1.70. The zero-order chi connectivity index (χ0) is 19.2. The maximum Gasteiger partial charge on any atom is 0.245 e. The number of aliphatic hydroxyl groups excluding tert-OH is 1. The monoisotopic (exact) mass is 390 g/mol. The third-order valence-electron chi connectivity index (χ3n) is 5.31. The Morgan fingerprint density at radius 1 is 1.26 bits per heavy atom. The van der Waals surface area contributed by atoms with Crippen LogP contribution in [-0.4, -0.2) is 64.4 Å². The Morgan fingerprint density at radius 3 is 2.74 bits per heavy atom. The van der Waals surface area contributed by atoms with E-state index in [9.17, 15) is 9.90 Å². The van der Waals surface area contributed by atoms with Crippen molar-refractivity contribution in [2.75, 3.05) is 31.5 Å². The summed E-state index contributed by atoms with van der Waals surface area (Å²) in [5.41, 5.74) is 2.06. The summed E-state index contributed by atoms with van der Waals surface area (Å²) < 4.78 is 0. The van der Waals surface area contributed by atoms with Gasteiger partial charge in [-0.05, 0) is 68.9 Å². The summed E-state index contributed by atoms with van der Waals surface area (Å²) in [6.45, 7) is 4.92. The summed E-state index contributed by atoms with van der Waals surface area (Å²) in [7, 11) is 0. The lowest BCUT2D eigenvalue weighted by atomic mass is 10.1. The largest absolute Gasteiger partial charge is 0.376 e. The quantitative estimate of drug-likeness (QED) is 0.669. The molecule has 0 aromatic heterocycles. The Labute approximate surface area is 166 Å². The van der Waals surface area contributed by atoms with Crippen molar-refractivity contribution >= 4 is 28.9 Å². The van der Waals surface area contributed by atoms with Crippen LogP contribution in [0.1, 0.15) is 37.7 Å². The highest BCUT2D eigenvalue weighted by molar-refractivity contribution is 7.80. The van der Waals surface area contributed by atoms with Crippen molar-refractivity contribution in [1.29, 1.82) is 0 Å². The number of likely N-dealkylation sites (tertiary alicyclic amines) is 2. The number of nitrogens with one attached hydrogen (secondary N) is 2. The van der Waals surface area contributed by atoms with Gasteiger partial charge in [0.2, 0.25) is 5.91 Å². The summed E-state index contributed by atoms with van der Waals surface area (Å²) in [5.74, 6) is 0.0270. The first-order valence-corrected chi connectivity index (χ1v) is 10.3. The molecule has 2 saturated heterocycles. The molecule has 0 saturated carbocycles. The zero-order valence-electron chi connectivity index (χ0n) is 16.0. The van der Waals surface area contributed by atoms with Gasteiger partial charge in [-0.25, -0.2) is 0 Å². The van der Waals surface area contributed by atoms with E-state index >= 15 is 0 Å². The van der Waals surface area contributed by atoms with E-state index in [4.69, 9.17) is 12.2 Å². The normalized spacial score (nSPS) is 22.4. The summed E-state index contributed by atoms with van der Waals surface area (Å²) in [4.78, 5) is 16.8. The molecule has 2 atom stereocenters. The van der Waals surface area contributed by atoms with Crippen molar-refractivity contribution in [3.05, 3.63) is 29.8 Å². The summed E-state index contributed by atoms with van der Waals surface area (Å²) in [6.07, 6.45) is 4.33. The topological polar surface area (TPSA) is 67.8 Å². The molecule has 2 heterocycles. The number of rotatable bonds is 5. The molecule has 0 bridgehead atoms. The number of amides is 1. The van der Waals surface area contributed by atoms with Crippen LogP contribution in [0, 0.1) is 6.92 Å². The molecule has 1 amide bonds. The van der Waals surface area contributed by atoms with Gasteiger partial charge in [-0.3, -0.25) is 9.69 Å². The van der Waals surface area contributed by atoms with Crippen LogP contribution in [0.3, 0.4) is 0 Å². The molecule has 7 heteroatoms. The maximum atomic E-state index is 13.0. The summed E-state index contributed by atoms with van der Waals surface area (Å²) in [6, 6.07) is 7.62. The van der Waals surface area contributed by atoms with Crippen LogP contribution >= 0.6 is 12.2 Å². The van der Waals surface area contributed by atoms with Crippen LogP contribution < -0.4 is 10.6 Å². The van der Waals surface area contributed by atoms with Crippen LogP contribution in [0.4, 0.5) is 5.69 Å². The van der Waals surface area contributed by atoms with E-state index in [0.717, 1.165) is 56.4 Å². The number of benzene rings is 1. The van der Waals surface area contributed by atoms with Crippen LogP contribution in [0.15, 0.2) is 24.3 Å². The predicted molar refractivity (Wildman–Crippen MR) is 112 cm³/mol. The zero-order valence-corrected chi connectivity index (χ0v) is 16.8. The SMILES string of the molecule is Cc1cccc(NC(=S)N[C@H]2CCCCN(CC(O)N3CCCC3)C2=O)c1. The number of hydrogen-bond donors (Lipinski definition) is 3. The molecule has 2 aliphatic rings. The fourth-order valence-electron chi connectivity index (χ4n) is 3.82. The van der Waals surface area contributed by atoms with Crippen molar-refractivity contribution in [2.45, 2.75) is 51.3 Å². The summed E-state index contributed by atoms with van der Waals surface area (Å²) in [5, 5.41) is 17.3. The average Bonchev–Trinajstić information content (AvgIpc) is 3.12. The second kappa shape index (κ2) is 9.48. The lowest BCUT2D eigenvalue weighted by Gasteiger charge is -2.31. The van der Waals surface area contributed by atoms with E-state index in [1.807, 2.05) is 31.2 Å². The number of β-amino-alcohol motifs (C(OH)–C–C–N with tert-alkyl or cyclic N) is 1. The van der Waals surface area contributed by atoms with E-state index in [-0.39, 0.29) is 11.9 Å². The van der Waals surface area contributed by atoms with Crippen molar-refractivity contribution in [3.63, 3.8) is 0 Å². The molecule has 1 unspecified atom stereocenters. The third-order valence-corrected chi connectivity index (χ3v) is 5.53. The molecule has 27 heavy (non-hydrogen) atoms. The van der Waals surface area contributed by atoms with Crippen LogP contribution in [0.5, 0.6) is 0 Å². The number of hydrogen-bond acceptors (Lipinski definition) is 4. The lowest BCUT2D eigenvalue weighted by molar-refractivity contribution is -0.135. The van der Waals surface area contributed by atoms with Gasteiger partial charge in [-0.2, -0.15) is 0 Å². The van der Waals surface area contributed by atoms with Crippen LogP contribution in [-0.2, 0) is 4.79 Å². The van der Waals surface area contributed by atoms with Gasteiger partial charge in [0.25, 0.3) is 0 Å². The molecular formula is C20H30N4O2S. The first-order valence-electron chi connectivity index (χ1n) is 9.88. The molecule has 0 aliphatic carbocycles. The fraction of sp³-hybridized carbons (Fsp3) is 0.600. The minimum Gasteiger partial charge on any atom is -0.376 e. The van der Waals surface area contributed by atoms with E-state index in [1.165, 1.54) is 0 Å². The molecule has 2 aliphatic heterocycles. The average molecular weight is 391 g/mol. The number of aryl methyl sites for hydroxylation is 1. The van der Waals surface area contributed by atoms with Gasteiger partial charge in [0.05, 0.1) is 6.54 Å². The number of carbonyl (C=O) groups is 1. The minimum absolute atomic E-state index is 0.0270. The molecule has 6 nitrogen and oxygen atoms in total. The van der Waals surface area contributed by atoms with Gasteiger partial charge in [-0.1, -0.05) is 12.1 Å². The van der Waals surface area contributed by atoms with Crippen molar-refractivity contribution in [1.82, 2.24) is 15.1 Å². The molecule has 0 radical (unpaired) electrons. The molecule has 148 valence electrons. The van der Waals surface area contributed by atoms with Gasteiger partial charge < -0.3 is 20.6 Å². The van der Waals surface area contributed by atoms with Gasteiger partial charge in [0.1, 0.15) is 12.3 Å². The lowest BCUT2D eigenvalue weighted by Crippen LogP contribution is -2.52. The van der Waals surface area contributed by atoms with Crippen molar-refractivity contribution in [3.8, 4) is 0 Å². The Bertz CT molecular complexity index is 663. The highest BCUT2D eigenvalue weighted by atomic mass is 32.1. The minimum atomic E-state index is -0.576. The van der Waals surface area contributed by atoms with Gasteiger partial charge in [0.15, 0.2) is 5.11 Å². The fourth-order valence-corrected chi connectivity index (χ4v) is 4.08. The molecule has 3 N–H and O–H groups in total. The molecule has 3 rings (SSSR count). The van der Waals surface area contributed by atoms with E-state index in [0.29, 0.717) is 18.2 Å². The van der Waals surface area contributed by atoms with Crippen molar-refractivity contribution < 1.29 is 9.90 Å². The van der Waals surface area contributed by atoms with E-state index in [2.05, 4.69) is 15.5 Å². The molecule has 0 spiro atoms. The van der Waals surface area contributed by atoms with Crippen molar-refractivity contribution in [2.24, 2.45) is 0 Å². The number of carbonyl (C=O) groups excluding carboxylic acids is 1. The molecule has 2 fully saturated rings.